The number of aryl methyl sites for hydroxylation is 1. The third-order valence-corrected chi connectivity index (χ3v) is 6.00. The van der Waals surface area contributed by atoms with E-state index in [2.05, 4.69) is 0 Å². The molecule has 3 rings (SSSR count). The lowest BCUT2D eigenvalue weighted by Crippen LogP contribution is -2.63. The first-order valence-electron chi connectivity index (χ1n) is 11.1. The van der Waals surface area contributed by atoms with Crippen molar-refractivity contribution in [1.29, 1.82) is 0 Å². The van der Waals surface area contributed by atoms with E-state index in [4.69, 9.17) is 18.9 Å². The summed E-state index contributed by atoms with van der Waals surface area (Å²) in [5.41, 5.74) is 1.03. The summed E-state index contributed by atoms with van der Waals surface area (Å²) in [6.07, 6.45) is -11.7. The van der Waals surface area contributed by atoms with E-state index in [1.54, 1.807) is 0 Å². The van der Waals surface area contributed by atoms with Crippen LogP contribution in [0.4, 0.5) is 0 Å². The fourth-order valence-corrected chi connectivity index (χ4v) is 4.05. The molecule has 0 spiro atoms. The van der Waals surface area contributed by atoms with Crippen molar-refractivity contribution in [2.45, 2.75) is 74.1 Å². The zero-order valence-electron chi connectivity index (χ0n) is 18.4. The molecule has 0 radical (unpaired) electrons. The van der Waals surface area contributed by atoms with Crippen molar-refractivity contribution in [3.05, 3.63) is 35.9 Å². The Bertz CT molecular complexity index is 778. The second-order valence-corrected chi connectivity index (χ2v) is 8.36. The fraction of sp³-hybridized carbons (Fsp3) is 0.682. The van der Waals surface area contributed by atoms with Crippen LogP contribution in [-0.2, 0) is 30.2 Å². The molecule has 0 saturated carbocycles. The number of esters is 1. The standard InChI is InChI=1S/C22H32O12/c23-9-13-16(27)19(32-15(26)8-4-7-12-5-2-1-3-6-12)18(29)21(31-13)34-22(11-25)20(30)17(28)14(10-24)33-22/h1-3,5-6,13-14,16-21,23-25,27-30H,4,7-11H2/t13-,14-,16-,17-,18-,19+,20+,21-,22+/m1/s1. The topological polar surface area (TPSA) is 196 Å². The van der Waals surface area contributed by atoms with Crippen molar-refractivity contribution in [2.24, 2.45) is 0 Å². The van der Waals surface area contributed by atoms with Crippen molar-refractivity contribution in [1.82, 2.24) is 0 Å². The van der Waals surface area contributed by atoms with E-state index >= 15 is 0 Å². The zero-order chi connectivity index (χ0) is 24.9. The maximum Gasteiger partial charge on any atom is 0.306 e. The molecule has 12 nitrogen and oxygen atoms in total. The normalized spacial score (nSPS) is 38.1. The predicted molar refractivity (Wildman–Crippen MR) is 112 cm³/mol. The second kappa shape index (κ2) is 11.8. The van der Waals surface area contributed by atoms with Gasteiger partial charge < -0.3 is 54.7 Å². The van der Waals surface area contributed by atoms with E-state index in [0.717, 1.165) is 5.56 Å². The van der Waals surface area contributed by atoms with Crippen molar-refractivity contribution >= 4 is 5.97 Å². The first-order valence-corrected chi connectivity index (χ1v) is 11.1. The van der Waals surface area contributed by atoms with Gasteiger partial charge in [-0.15, -0.1) is 0 Å². The molecule has 0 aliphatic carbocycles. The van der Waals surface area contributed by atoms with Gasteiger partial charge in [-0.2, -0.15) is 0 Å². The fourth-order valence-electron chi connectivity index (χ4n) is 4.05. The van der Waals surface area contributed by atoms with Crippen LogP contribution in [0.2, 0.25) is 0 Å². The number of benzene rings is 1. The second-order valence-electron chi connectivity index (χ2n) is 8.36. The highest BCUT2D eigenvalue weighted by atomic mass is 16.8. The van der Waals surface area contributed by atoms with E-state index in [1.807, 2.05) is 30.3 Å². The summed E-state index contributed by atoms with van der Waals surface area (Å²) in [6.45, 7) is -2.42. The zero-order valence-corrected chi connectivity index (χ0v) is 18.4. The molecule has 192 valence electrons. The molecule has 0 bridgehead atoms. The molecule has 2 aliphatic rings. The molecule has 12 heteroatoms. The molecule has 2 fully saturated rings. The minimum atomic E-state index is -2.29. The Morgan fingerprint density at radius 2 is 1.62 bits per heavy atom. The summed E-state index contributed by atoms with van der Waals surface area (Å²) in [4.78, 5) is 12.4. The number of rotatable bonds is 10. The van der Waals surface area contributed by atoms with Crippen molar-refractivity contribution in [3.8, 4) is 0 Å². The molecule has 0 amide bonds. The number of aliphatic hydroxyl groups is 7. The van der Waals surface area contributed by atoms with Gasteiger partial charge in [0.25, 0.3) is 0 Å². The molecule has 0 unspecified atom stereocenters. The van der Waals surface area contributed by atoms with E-state index in [0.29, 0.717) is 12.8 Å². The molecule has 2 aliphatic heterocycles. The number of aliphatic hydroxyl groups excluding tert-OH is 7. The van der Waals surface area contributed by atoms with Gasteiger partial charge in [0.1, 0.15) is 43.2 Å². The van der Waals surface area contributed by atoms with E-state index in [-0.39, 0.29) is 6.42 Å². The maximum atomic E-state index is 12.4. The van der Waals surface area contributed by atoms with Gasteiger partial charge >= 0.3 is 5.97 Å². The van der Waals surface area contributed by atoms with Gasteiger partial charge in [0.05, 0.1) is 13.2 Å². The molecule has 7 N–H and O–H groups in total. The van der Waals surface area contributed by atoms with Crippen LogP contribution in [0.1, 0.15) is 18.4 Å². The average molecular weight is 488 g/mol. The highest BCUT2D eigenvalue weighted by Gasteiger charge is 2.58. The highest BCUT2D eigenvalue weighted by molar-refractivity contribution is 5.69. The number of carbonyl (C=O) groups is 1. The average Bonchev–Trinajstić information content (AvgIpc) is 3.09. The molecule has 1 aromatic carbocycles. The third kappa shape index (κ3) is 5.74. The van der Waals surface area contributed by atoms with Crippen molar-refractivity contribution in [2.75, 3.05) is 19.8 Å². The van der Waals surface area contributed by atoms with Gasteiger partial charge in [0, 0.05) is 6.42 Å². The van der Waals surface area contributed by atoms with Crippen LogP contribution in [0.15, 0.2) is 30.3 Å². The summed E-state index contributed by atoms with van der Waals surface area (Å²) in [7, 11) is 0. The Morgan fingerprint density at radius 1 is 0.941 bits per heavy atom. The highest BCUT2D eigenvalue weighted by Crippen LogP contribution is 2.36. The van der Waals surface area contributed by atoms with Gasteiger partial charge in [0.2, 0.25) is 5.79 Å². The lowest BCUT2D eigenvalue weighted by Gasteiger charge is -2.44. The molecule has 2 heterocycles. The third-order valence-electron chi connectivity index (χ3n) is 6.00. The van der Waals surface area contributed by atoms with Gasteiger partial charge in [-0.05, 0) is 18.4 Å². The molecular formula is C22H32O12. The molecule has 9 atom stereocenters. The number of carbonyl (C=O) groups excluding carboxylic acids is 1. The van der Waals surface area contributed by atoms with E-state index < -0.39 is 80.6 Å². The first-order chi connectivity index (χ1) is 16.3. The lowest BCUT2D eigenvalue weighted by atomic mass is 9.98. The Morgan fingerprint density at radius 3 is 2.21 bits per heavy atom. The van der Waals surface area contributed by atoms with Gasteiger partial charge in [-0.25, -0.2) is 0 Å². The molecule has 0 aromatic heterocycles. The van der Waals surface area contributed by atoms with Gasteiger partial charge in [0.15, 0.2) is 12.4 Å². The Labute approximate surface area is 195 Å². The number of hydrogen-bond acceptors (Lipinski definition) is 12. The summed E-state index contributed by atoms with van der Waals surface area (Å²) in [5.74, 6) is -2.99. The molecule has 2 saturated heterocycles. The SMILES string of the molecule is O=C(CCCc1ccccc1)O[C@@H]1[C@@H](O)[C@@H](O[C@]2(CO)O[C@H](CO)[C@@H](O)[C@@H]2O)O[C@H](CO)[C@H]1O. The van der Waals surface area contributed by atoms with Crippen LogP contribution in [0.25, 0.3) is 0 Å². The molecule has 34 heavy (non-hydrogen) atoms. The van der Waals surface area contributed by atoms with Gasteiger partial charge in [-0.1, -0.05) is 30.3 Å². The van der Waals surface area contributed by atoms with E-state index in [9.17, 15) is 40.5 Å². The van der Waals surface area contributed by atoms with Gasteiger partial charge in [-0.3, -0.25) is 4.79 Å². The van der Waals surface area contributed by atoms with Crippen molar-refractivity contribution in [3.63, 3.8) is 0 Å². The summed E-state index contributed by atoms with van der Waals surface area (Å²) in [5, 5.41) is 70.1. The van der Waals surface area contributed by atoms with Crippen LogP contribution in [0.5, 0.6) is 0 Å². The Balaban J connectivity index is 1.66. The van der Waals surface area contributed by atoms with Crippen LogP contribution >= 0.6 is 0 Å². The molecular weight excluding hydrogens is 456 g/mol. The predicted octanol–water partition coefficient (Wildman–Crippen LogP) is -2.82. The Hall–Kier alpha value is -1.71. The van der Waals surface area contributed by atoms with Crippen LogP contribution < -0.4 is 0 Å². The number of ether oxygens (including phenoxy) is 4. The Kier molecular flexibility index (Phi) is 9.34. The summed E-state index contributed by atoms with van der Waals surface area (Å²) >= 11 is 0. The van der Waals surface area contributed by atoms with E-state index in [1.165, 1.54) is 0 Å². The number of hydrogen-bond donors (Lipinski definition) is 7. The summed E-state index contributed by atoms with van der Waals surface area (Å²) in [6, 6.07) is 9.47. The van der Waals surface area contributed by atoms with Crippen molar-refractivity contribution < 1.29 is 59.5 Å². The monoisotopic (exact) mass is 488 g/mol. The van der Waals surface area contributed by atoms with Crippen LogP contribution in [-0.4, -0.2) is 116 Å². The quantitative estimate of drug-likeness (QED) is 0.167. The van der Waals surface area contributed by atoms with Crippen LogP contribution in [0, 0.1) is 0 Å². The van der Waals surface area contributed by atoms with Crippen LogP contribution in [0.3, 0.4) is 0 Å². The largest absolute Gasteiger partial charge is 0.456 e. The lowest BCUT2D eigenvalue weighted by molar-refractivity contribution is -0.383. The smallest absolute Gasteiger partial charge is 0.306 e. The first kappa shape index (κ1) is 26.9. The molecule has 1 aromatic rings. The summed E-state index contributed by atoms with van der Waals surface area (Å²) < 4.78 is 21.4. The maximum absolute atomic E-state index is 12.4. The minimum Gasteiger partial charge on any atom is -0.456 e. The minimum absolute atomic E-state index is 0.00617.